The molecule has 0 amide bonds. The Balaban J connectivity index is 2.09. The summed E-state index contributed by atoms with van der Waals surface area (Å²) in [6.45, 7) is 1.82. The molecule has 0 saturated carbocycles. The predicted octanol–water partition coefficient (Wildman–Crippen LogP) is 5.05. The Kier molecular flexibility index (Phi) is 3.86. The van der Waals surface area contributed by atoms with Crippen molar-refractivity contribution >= 4 is 11.6 Å². The lowest BCUT2D eigenvalue weighted by Crippen LogP contribution is -1.95. The number of hydrogen-bond acceptors (Lipinski definition) is 2. The van der Waals surface area contributed by atoms with Gasteiger partial charge in [0.2, 0.25) is 0 Å². The number of halogens is 3. The molecular weight excluding hydrogens is 306 g/mol. The van der Waals surface area contributed by atoms with E-state index in [1.807, 2.05) is 6.92 Å². The summed E-state index contributed by atoms with van der Waals surface area (Å²) in [6, 6.07) is 12.2. The third-order valence-electron chi connectivity index (χ3n) is 3.17. The highest BCUT2D eigenvalue weighted by molar-refractivity contribution is 6.30. The van der Waals surface area contributed by atoms with Gasteiger partial charge in [0.1, 0.15) is 11.6 Å². The van der Waals surface area contributed by atoms with E-state index in [1.165, 1.54) is 24.3 Å². The average Bonchev–Trinajstić information content (AvgIpc) is 2.50. The lowest BCUT2D eigenvalue weighted by atomic mass is 10.1. The molecule has 1 heterocycles. The molecule has 0 spiro atoms. The Labute approximate surface area is 131 Å². The van der Waals surface area contributed by atoms with E-state index < -0.39 is 5.82 Å². The first-order chi connectivity index (χ1) is 10.5. The normalized spacial score (nSPS) is 10.7. The summed E-state index contributed by atoms with van der Waals surface area (Å²) in [7, 11) is 0. The highest BCUT2D eigenvalue weighted by Gasteiger charge is 2.09. The molecule has 1 aromatic heterocycles. The van der Waals surface area contributed by atoms with Crippen LogP contribution in [-0.4, -0.2) is 9.97 Å². The number of aromatic nitrogens is 2. The maximum absolute atomic E-state index is 13.6. The van der Waals surface area contributed by atoms with Crippen LogP contribution in [0.3, 0.4) is 0 Å². The lowest BCUT2D eigenvalue weighted by Gasteiger charge is -2.07. The summed E-state index contributed by atoms with van der Waals surface area (Å²) < 4.78 is 26.6. The standard InChI is InChI=1S/C17H11ClF2N2/c1-10-8-16(11-2-5-13(19)6-3-11)22-17(21-10)12-4-7-14(18)15(20)9-12/h2-9H,1H3. The molecule has 22 heavy (non-hydrogen) atoms. The van der Waals surface area contributed by atoms with Crippen molar-refractivity contribution in [2.45, 2.75) is 6.92 Å². The van der Waals surface area contributed by atoms with E-state index in [4.69, 9.17) is 11.6 Å². The number of nitrogens with zero attached hydrogens (tertiary/aromatic N) is 2. The second-order valence-corrected chi connectivity index (χ2v) is 5.26. The molecular formula is C17H11ClF2N2. The molecule has 3 rings (SSSR count). The summed E-state index contributed by atoms with van der Waals surface area (Å²) in [5.41, 5.74) is 2.69. The Morgan fingerprint density at radius 3 is 2.23 bits per heavy atom. The minimum Gasteiger partial charge on any atom is -0.233 e. The van der Waals surface area contributed by atoms with Crippen LogP contribution in [0.5, 0.6) is 0 Å². The van der Waals surface area contributed by atoms with Crippen molar-refractivity contribution in [1.82, 2.24) is 9.97 Å². The number of benzene rings is 2. The van der Waals surface area contributed by atoms with Gasteiger partial charge < -0.3 is 0 Å². The van der Waals surface area contributed by atoms with Crippen LogP contribution in [0, 0.1) is 18.6 Å². The molecule has 0 bridgehead atoms. The van der Waals surface area contributed by atoms with Gasteiger partial charge in [0, 0.05) is 16.8 Å². The Morgan fingerprint density at radius 2 is 1.55 bits per heavy atom. The molecule has 0 atom stereocenters. The summed E-state index contributed by atoms with van der Waals surface area (Å²) in [5, 5.41) is 0.0511. The second kappa shape index (κ2) is 5.81. The Bertz CT molecular complexity index is 833. The fourth-order valence-electron chi connectivity index (χ4n) is 2.10. The molecule has 0 aliphatic heterocycles. The third kappa shape index (κ3) is 2.97. The minimum absolute atomic E-state index is 0.0511. The minimum atomic E-state index is -0.521. The van der Waals surface area contributed by atoms with Gasteiger partial charge in [-0.15, -0.1) is 0 Å². The topological polar surface area (TPSA) is 25.8 Å². The van der Waals surface area contributed by atoms with Crippen molar-refractivity contribution in [3.05, 3.63) is 70.9 Å². The van der Waals surface area contributed by atoms with Crippen molar-refractivity contribution in [3.63, 3.8) is 0 Å². The smallest absolute Gasteiger partial charge is 0.160 e. The highest BCUT2D eigenvalue weighted by atomic mass is 35.5. The fraction of sp³-hybridized carbons (Fsp3) is 0.0588. The van der Waals surface area contributed by atoms with Crippen molar-refractivity contribution < 1.29 is 8.78 Å². The van der Waals surface area contributed by atoms with Gasteiger partial charge >= 0.3 is 0 Å². The van der Waals surface area contributed by atoms with E-state index in [0.29, 0.717) is 17.1 Å². The average molecular weight is 317 g/mol. The van der Waals surface area contributed by atoms with Gasteiger partial charge in [-0.25, -0.2) is 18.7 Å². The molecule has 0 aliphatic carbocycles. The molecule has 5 heteroatoms. The van der Waals surface area contributed by atoms with E-state index in [2.05, 4.69) is 9.97 Å². The zero-order valence-corrected chi connectivity index (χ0v) is 12.4. The van der Waals surface area contributed by atoms with Gasteiger partial charge in [-0.2, -0.15) is 0 Å². The summed E-state index contributed by atoms with van der Waals surface area (Å²) >= 11 is 5.69. The van der Waals surface area contributed by atoms with Crippen LogP contribution in [0.25, 0.3) is 22.6 Å². The van der Waals surface area contributed by atoms with E-state index in [9.17, 15) is 8.78 Å². The van der Waals surface area contributed by atoms with Crippen molar-refractivity contribution in [2.24, 2.45) is 0 Å². The highest BCUT2D eigenvalue weighted by Crippen LogP contribution is 2.25. The van der Waals surface area contributed by atoms with Crippen LogP contribution in [0.15, 0.2) is 48.5 Å². The number of rotatable bonds is 2. The monoisotopic (exact) mass is 316 g/mol. The van der Waals surface area contributed by atoms with Crippen LogP contribution >= 0.6 is 11.6 Å². The van der Waals surface area contributed by atoms with Gasteiger partial charge in [-0.05, 0) is 55.5 Å². The van der Waals surface area contributed by atoms with Crippen LogP contribution < -0.4 is 0 Å². The summed E-state index contributed by atoms with van der Waals surface area (Å²) in [6.07, 6.45) is 0. The van der Waals surface area contributed by atoms with Gasteiger partial charge in [0.05, 0.1) is 10.7 Å². The van der Waals surface area contributed by atoms with E-state index in [1.54, 1.807) is 24.3 Å². The molecule has 0 radical (unpaired) electrons. The molecule has 0 fully saturated rings. The molecule has 3 aromatic rings. The largest absolute Gasteiger partial charge is 0.233 e. The SMILES string of the molecule is Cc1cc(-c2ccc(F)cc2)nc(-c2ccc(Cl)c(F)c2)n1. The first-order valence-electron chi connectivity index (χ1n) is 6.60. The van der Waals surface area contributed by atoms with Crippen molar-refractivity contribution in [3.8, 4) is 22.6 Å². The van der Waals surface area contributed by atoms with Crippen LogP contribution in [-0.2, 0) is 0 Å². The molecule has 0 saturated heterocycles. The van der Waals surface area contributed by atoms with E-state index in [-0.39, 0.29) is 10.8 Å². The van der Waals surface area contributed by atoms with Crippen LogP contribution in [0.4, 0.5) is 8.78 Å². The molecule has 2 aromatic carbocycles. The van der Waals surface area contributed by atoms with Crippen molar-refractivity contribution in [1.29, 1.82) is 0 Å². The predicted molar refractivity (Wildman–Crippen MR) is 82.6 cm³/mol. The molecule has 110 valence electrons. The summed E-state index contributed by atoms with van der Waals surface area (Å²) in [5.74, 6) is -0.433. The number of aryl methyl sites for hydroxylation is 1. The number of hydrogen-bond donors (Lipinski definition) is 0. The third-order valence-corrected chi connectivity index (χ3v) is 3.48. The summed E-state index contributed by atoms with van der Waals surface area (Å²) in [4.78, 5) is 8.75. The van der Waals surface area contributed by atoms with E-state index in [0.717, 1.165) is 11.3 Å². The fourth-order valence-corrected chi connectivity index (χ4v) is 2.22. The quantitative estimate of drug-likeness (QED) is 0.661. The van der Waals surface area contributed by atoms with Gasteiger partial charge in [-0.1, -0.05) is 11.6 Å². The zero-order valence-electron chi connectivity index (χ0n) is 11.6. The first kappa shape index (κ1) is 14.6. The maximum Gasteiger partial charge on any atom is 0.160 e. The second-order valence-electron chi connectivity index (χ2n) is 4.85. The Hall–Kier alpha value is -2.33. The molecule has 2 nitrogen and oxygen atoms in total. The van der Waals surface area contributed by atoms with Gasteiger partial charge in [0.15, 0.2) is 5.82 Å². The lowest BCUT2D eigenvalue weighted by molar-refractivity contribution is 0.627. The molecule has 0 aliphatic rings. The maximum atomic E-state index is 13.6. The molecule has 0 unspecified atom stereocenters. The Morgan fingerprint density at radius 1 is 0.864 bits per heavy atom. The van der Waals surface area contributed by atoms with Crippen molar-refractivity contribution in [2.75, 3.05) is 0 Å². The van der Waals surface area contributed by atoms with E-state index >= 15 is 0 Å². The van der Waals surface area contributed by atoms with Crippen LogP contribution in [0.2, 0.25) is 5.02 Å². The molecule has 0 N–H and O–H groups in total. The van der Waals surface area contributed by atoms with Gasteiger partial charge in [0.25, 0.3) is 0 Å². The first-order valence-corrected chi connectivity index (χ1v) is 6.98. The van der Waals surface area contributed by atoms with Crippen LogP contribution in [0.1, 0.15) is 5.69 Å². The zero-order chi connectivity index (χ0) is 15.7. The van der Waals surface area contributed by atoms with Gasteiger partial charge in [-0.3, -0.25) is 0 Å².